The molecule has 0 unspecified atom stereocenters. The number of nitrogens with one attached hydrogen (secondary N) is 1. The molecule has 5 heteroatoms. The molecule has 0 saturated heterocycles. The van der Waals surface area contributed by atoms with Gasteiger partial charge in [-0.1, -0.05) is 20.8 Å². The highest BCUT2D eigenvalue weighted by molar-refractivity contribution is 5.84. The van der Waals surface area contributed by atoms with Gasteiger partial charge in [0.15, 0.2) is 0 Å². The average molecular weight is 258 g/mol. The molecule has 2 amide bonds. The van der Waals surface area contributed by atoms with Crippen LogP contribution in [-0.4, -0.2) is 50.6 Å². The highest BCUT2D eigenvalue weighted by Crippen LogP contribution is 2.17. The Labute approximate surface area is 110 Å². The van der Waals surface area contributed by atoms with Crippen LogP contribution in [0.5, 0.6) is 0 Å². The summed E-state index contributed by atoms with van der Waals surface area (Å²) in [6, 6.07) is 0. The standard InChI is InChI=1S/C13H26N2O3/c1-13(2,3)9-11(16)14-10-12(17)15(4)7-6-8-18-5/h6-10H2,1-5H3,(H,14,16). The molecule has 0 bridgehead atoms. The van der Waals surface area contributed by atoms with E-state index in [1.165, 1.54) is 0 Å². The largest absolute Gasteiger partial charge is 0.385 e. The van der Waals surface area contributed by atoms with E-state index in [0.717, 1.165) is 6.42 Å². The van der Waals surface area contributed by atoms with Crippen LogP contribution in [0.4, 0.5) is 0 Å². The van der Waals surface area contributed by atoms with E-state index in [1.54, 1.807) is 19.1 Å². The van der Waals surface area contributed by atoms with Gasteiger partial charge in [0.1, 0.15) is 0 Å². The maximum atomic E-state index is 11.7. The van der Waals surface area contributed by atoms with Gasteiger partial charge >= 0.3 is 0 Å². The van der Waals surface area contributed by atoms with Crippen molar-refractivity contribution in [3.05, 3.63) is 0 Å². The van der Waals surface area contributed by atoms with Gasteiger partial charge in [-0.2, -0.15) is 0 Å². The number of carbonyl (C=O) groups excluding carboxylic acids is 2. The van der Waals surface area contributed by atoms with Gasteiger partial charge in [-0.05, 0) is 11.8 Å². The van der Waals surface area contributed by atoms with E-state index >= 15 is 0 Å². The van der Waals surface area contributed by atoms with Crippen molar-refractivity contribution in [1.29, 1.82) is 0 Å². The molecular formula is C13H26N2O3. The van der Waals surface area contributed by atoms with Crippen LogP contribution in [0.2, 0.25) is 0 Å². The summed E-state index contributed by atoms with van der Waals surface area (Å²) in [4.78, 5) is 24.8. The van der Waals surface area contributed by atoms with Crippen molar-refractivity contribution < 1.29 is 14.3 Å². The second kappa shape index (κ2) is 8.08. The lowest BCUT2D eigenvalue weighted by molar-refractivity contribution is -0.132. The van der Waals surface area contributed by atoms with Gasteiger partial charge in [0.25, 0.3) is 0 Å². The predicted octanol–water partition coefficient (Wildman–Crippen LogP) is 1.03. The minimum absolute atomic E-state index is 0.0580. The number of methoxy groups -OCH3 is 1. The number of carbonyl (C=O) groups is 2. The van der Waals surface area contributed by atoms with E-state index in [1.807, 2.05) is 20.8 Å². The molecule has 18 heavy (non-hydrogen) atoms. The number of nitrogens with zero attached hydrogens (tertiary/aromatic N) is 1. The second-order valence-corrected chi connectivity index (χ2v) is 5.68. The molecule has 5 nitrogen and oxygen atoms in total. The van der Waals surface area contributed by atoms with E-state index in [2.05, 4.69) is 5.32 Å². The zero-order chi connectivity index (χ0) is 14.2. The van der Waals surface area contributed by atoms with E-state index in [4.69, 9.17) is 4.74 Å². The van der Waals surface area contributed by atoms with Crippen LogP contribution in [0.25, 0.3) is 0 Å². The molecule has 0 atom stereocenters. The fraction of sp³-hybridized carbons (Fsp3) is 0.846. The minimum atomic E-state index is -0.0823. The number of likely N-dealkylation sites (N-methyl/N-ethyl adjacent to an activating group) is 1. The summed E-state index contributed by atoms with van der Waals surface area (Å²) in [5.41, 5.74) is -0.0580. The molecular weight excluding hydrogens is 232 g/mol. The highest BCUT2D eigenvalue weighted by Gasteiger charge is 2.17. The van der Waals surface area contributed by atoms with Crippen molar-refractivity contribution in [3.63, 3.8) is 0 Å². The zero-order valence-electron chi connectivity index (χ0n) is 12.2. The van der Waals surface area contributed by atoms with Crippen molar-refractivity contribution >= 4 is 11.8 Å². The topological polar surface area (TPSA) is 58.6 Å². The normalized spacial score (nSPS) is 11.2. The lowest BCUT2D eigenvalue weighted by atomic mass is 9.92. The fourth-order valence-corrected chi connectivity index (χ4v) is 1.42. The lowest BCUT2D eigenvalue weighted by Crippen LogP contribution is -2.39. The second-order valence-electron chi connectivity index (χ2n) is 5.68. The smallest absolute Gasteiger partial charge is 0.241 e. The molecule has 1 N–H and O–H groups in total. The Kier molecular flexibility index (Phi) is 7.59. The minimum Gasteiger partial charge on any atom is -0.385 e. The predicted molar refractivity (Wildman–Crippen MR) is 71.2 cm³/mol. The third kappa shape index (κ3) is 8.98. The summed E-state index contributed by atoms with van der Waals surface area (Å²) in [7, 11) is 3.36. The Hall–Kier alpha value is -1.10. The van der Waals surface area contributed by atoms with Crippen LogP contribution in [0.3, 0.4) is 0 Å². The first-order chi connectivity index (χ1) is 8.26. The summed E-state index contributed by atoms with van der Waals surface area (Å²) in [5, 5.41) is 2.65. The summed E-state index contributed by atoms with van der Waals surface area (Å²) < 4.78 is 4.92. The summed E-state index contributed by atoms with van der Waals surface area (Å²) in [6.45, 7) is 7.32. The van der Waals surface area contributed by atoms with Crippen LogP contribution in [0, 0.1) is 5.41 Å². The maximum Gasteiger partial charge on any atom is 0.241 e. The van der Waals surface area contributed by atoms with E-state index in [0.29, 0.717) is 19.6 Å². The van der Waals surface area contributed by atoms with Gasteiger partial charge < -0.3 is 15.0 Å². The molecule has 0 aromatic heterocycles. The van der Waals surface area contributed by atoms with Gasteiger partial charge in [0.2, 0.25) is 11.8 Å². The molecule has 0 aromatic rings. The van der Waals surface area contributed by atoms with Gasteiger partial charge in [0.05, 0.1) is 6.54 Å². The van der Waals surface area contributed by atoms with E-state index in [-0.39, 0.29) is 23.8 Å². The Morgan fingerprint density at radius 2 is 1.89 bits per heavy atom. The molecule has 0 aliphatic heterocycles. The van der Waals surface area contributed by atoms with Gasteiger partial charge in [-0.15, -0.1) is 0 Å². The number of amides is 2. The van der Waals surface area contributed by atoms with Crippen LogP contribution in [0.1, 0.15) is 33.6 Å². The van der Waals surface area contributed by atoms with Crippen LogP contribution < -0.4 is 5.32 Å². The summed E-state index contributed by atoms with van der Waals surface area (Å²) in [5.74, 6) is -0.158. The number of hydrogen-bond acceptors (Lipinski definition) is 3. The number of ether oxygens (including phenoxy) is 1. The average Bonchev–Trinajstić information content (AvgIpc) is 2.23. The van der Waals surface area contributed by atoms with Crippen molar-refractivity contribution in [2.24, 2.45) is 5.41 Å². The molecule has 0 heterocycles. The van der Waals surface area contributed by atoms with Crippen LogP contribution >= 0.6 is 0 Å². The van der Waals surface area contributed by atoms with Crippen molar-refractivity contribution in [3.8, 4) is 0 Å². The highest BCUT2D eigenvalue weighted by atomic mass is 16.5. The lowest BCUT2D eigenvalue weighted by Gasteiger charge is -2.19. The van der Waals surface area contributed by atoms with Crippen LogP contribution in [-0.2, 0) is 14.3 Å². The van der Waals surface area contributed by atoms with Crippen molar-refractivity contribution in [2.45, 2.75) is 33.6 Å². The zero-order valence-corrected chi connectivity index (χ0v) is 12.2. The van der Waals surface area contributed by atoms with Crippen molar-refractivity contribution in [1.82, 2.24) is 10.2 Å². The fourth-order valence-electron chi connectivity index (χ4n) is 1.42. The Bertz CT molecular complexity index is 272. The Balaban J connectivity index is 3.85. The third-order valence-electron chi connectivity index (χ3n) is 2.40. The molecule has 0 saturated carbocycles. The summed E-state index contributed by atoms with van der Waals surface area (Å²) >= 11 is 0. The number of hydrogen-bond donors (Lipinski definition) is 1. The molecule has 0 spiro atoms. The van der Waals surface area contributed by atoms with Crippen molar-refractivity contribution in [2.75, 3.05) is 33.9 Å². The molecule has 0 rings (SSSR count). The molecule has 0 fully saturated rings. The van der Waals surface area contributed by atoms with Gasteiger partial charge in [-0.3, -0.25) is 9.59 Å². The number of rotatable bonds is 7. The molecule has 106 valence electrons. The third-order valence-corrected chi connectivity index (χ3v) is 2.40. The first kappa shape index (κ1) is 16.9. The monoisotopic (exact) mass is 258 g/mol. The molecule has 0 aliphatic carbocycles. The first-order valence-electron chi connectivity index (χ1n) is 6.26. The molecule has 0 radical (unpaired) electrons. The maximum absolute atomic E-state index is 11.7. The Morgan fingerprint density at radius 1 is 1.28 bits per heavy atom. The quantitative estimate of drug-likeness (QED) is 0.694. The molecule has 0 aliphatic rings. The molecule has 0 aromatic carbocycles. The SMILES string of the molecule is COCCCN(C)C(=O)CNC(=O)CC(C)(C)C. The van der Waals surface area contributed by atoms with E-state index in [9.17, 15) is 9.59 Å². The van der Waals surface area contributed by atoms with Gasteiger partial charge in [0, 0.05) is 33.7 Å². The van der Waals surface area contributed by atoms with E-state index < -0.39 is 0 Å². The summed E-state index contributed by atoms with van der Waals surface area (Å²) in [6.07, 6.45) is 1.22. The first-order valence-corrected chi connectivity index (χ1v) is 6.26. The van der Waals surface area contributed by atoms with Crippen LogP contribution in [0.15, 0.2) is 0 Å². The Morgan fingerprint density at radius 3 is 2.39 bits per heavy atom. The van der Waals surface area contributed by atoms with Gasteiger partial charge in [-0.25, -0.2) is 0 Å².